The number of hydrogen-bond donors (Lipinski definition) is 2. The largest absolute Gasteiger partial charge is 0.480 e. The summed E-state index contributed by atoms with van der Waals surface area (Å²) in [4.78, 5) is 13.3. The number of carboxylic acid groups (broad SMARTS) is 1. The predicted molar refractivity (Wildman–Crippen MR) is 70.6 cm³/mol. The third kappa shape index (κ3) is 4.55. The number of likely N-dealkylation sites (N-methyl/N-ethyl adjacent to an activating group) is 1. The molecule has 0 saturated carbocycles. The van der Waals surface area contributed by atoms with Crippen LogP contribution in [0.2, 0.25) is 0 Å². The summed E-state index contributed by atoms with van der Waals surface area (Å²) in [6.45, 7) is 4.49. The molecule has 0 aliphatic carbocycles. The number of hydrogen-bond acceptors (Lipinski definition) is 4. The fourth-order valence-electron chi connectivity index (χ4n) is 2.33. The molecule has 0 aromatic heterocycles. The SMILES string of the molecule is CCC(N)(CCCN(C)CC1CCCO1)C(=O)O. The van der Waals surface area contributed by atoms with E-state index in [2.05, 4.69) is 4.90 Å². The average molecular weight is 258 g/mol. The molecule has 106 valence electrons. The molecule has 1 saturated heterocycles. The first-order valence-electron chi connectivity index (χ1n) is 6.80. The first-order valence-corrected chi connectivity index (χ1v) is 6.80. The van der Waals surface area contributed by atoms with Crippen molar-refractivity contribution in [1.82, 2.24) is 4.90 Å². The van der Waals surface area contributed by atoms with E-state index in [0.717, 1.165) is 39.0 Å². The lowest BCUT2D eigenvalue weighted by molar-refractivity contribution is -0.143. The Labute approximate surface area is 109 Å². The third-order valence-corrected chi connectivity index (χ3v) is 3.76. The fraction of sp³-hybridized carbons (Fsp3) is 0.923. The van der Waals surface area contributed by atoms with E-state index in [4.69, 9.17) is 15.6 Å². The normalized spacial score (nSPS) is 23.2. The van der Waals surface area contributed by atoms with Crippen LogP contribution < -0.4 is 5.73 Å². The van der Waals surface area contributed by atoms with E-state index in [1.54, 1.807) is 0 Å². The van der Waals surface area contributed by atoms with E-state index < -0.39 is 11.5 Å². The first-order chi connectivity index (χ1) is 8.48. The smallest absolute Gasteiger partial charge is 0.323 e. The summed E-state index contributed by atoms with van der Waals surface area (Å²) < 4.78 is 5.57. The zero-order valence-corrected chi connectivity index (χ0v) is 11.5. The monoisotopic (exact) mass is 258 g/mol. The van der Waals surface area contributed by atoms with Gasteiger partial charge >= 0.3 is 5.97 Å². The lowest BCUT2D eigenvalue weighted by Crippen LogP contribution is -2.47. The van der Waals surface area contributed by atoms with Gasteiger partial charge < -0.3 is 20.5 Å². The quantitative estimate of drug-likeness (QED) is 0.681. The van der Waals surface area contributed by atoms with Crippen LogP contribution in [0.4, 0.5) is 0 Å². The van der Waals surface area contributed by atoms with Crippen molar-refractivity contribution in [3.05, 3.63) is 0 Å². The second-order valence-electron chi connectivity index (χ2n) is 5.32. The van der Waals surface area contributed by atoms with E-state index in [9.17, 15) is 4.79 Å². The number of rotatable bonds is 8. The van der Waals surface area contributed by atoms with Crippen LogP contribution in [-0.4, -0.2) is 54.4 Å². The molecule has 3 N–H and O–H groups in total. The van der Waals surface area contributed by atoms with E-state index >= 15 is 0 Å². The van der Waals surface area contributed by atoms with E-state index in [1.165, 1.54) is 0 Å². The minimum atomic E-state index is -1.06. The molecular formula is C13H26N2O3. The minimum absolute atomic E-state index is 0.350. The van der Waals surface area contributed by atoms with Gasteiger partial charge in [0, 0.05) is 13.2 Å². The molecule has 1 aliphatic rings. The van der Waals surface area contributed by atoms with Crippen molar-refractivity contribution in [3.8, 4) is 0 Å². The molecule has 1 rings (SSSR count). The highest BCUT2D eigenvalue weighted by molar-refractivity contribution is 5.78. The van der Waals surface area contributed by atoms with E-state index in [-0.39, 0.29) is 0 Å². The zero-order valence-electron chi connectivity index (χ0n) is 11.5. The van der Waals surface area contributed by atoms with Crippen LogP contribution in [0.15, 0.2) is 0 Å². The van der Waals surface area contributed by atoms with Crippen LogP contribution in [0.1, 0.15) is 39.0 Å². The minimum Gasteiger partial charge on any atom is -0.480 e. The molecule has 1 fully saturated rings. The Balaban J connectivity index is 2.21. The topological polar surface area (TPSA) is 75.8 Å². The maximum atomic E-state index is 11.0. The highest BCUT2D eigenvalue weighted by Gasteiger charge is 2.31. The van der Waals surface area contributed by atoms with Crippen molar-refractivity contribution in [2.24, 2.45) is 5.73 Å². The predicted octanol–water partition coefficient (Wildman–Crippen LogP) is 1.07. The van der Waals surface area contributed by atoms with Gasteiger partial charge in [0.05, 0.1) is 6.10 Å². The summed E-state index contributed by atoms with van der Waals surface area (Å²) in [5.74, 6) is -0.897. The number of nitrogens with two attached hydrogens (primary N) is 1. The van der Waals surface area contributed by atoms with Gasteiger partial charge in [0.15, 0.2) is 0 Å². The molecule has 0 amide bonds. The Hall–Kier alpha value is -0.650. The van der Waals surface area contributed by atoms with Gasteiger partial charge in [0.1, 0.15) is 5.54 Å². The lowest BCUT2D eigenvalue weighted by Gasteiger charge is -2.25. The Morgan fingerprint density at radius 2 is 2.33 bits per heavy atom. The Kier molecular flexibility index (Phi) is 6.05. The highest BCUT2D eigenvalue weighted by atomic mass is 16.5. The molecule has 0 radical (unpaired) electrons. The Morgan fingerprint density at radius 3 is 2.83 bits per heavy atom. The van der Waals surface area contributed by atoms with Gasteiger partial charge in [-0.1, -0.05) is 6.92 Å². The number of carbonyl (C=O) groups is 1. The average Bonchev–Trinajstić information content (AvgIpc) is 2.81. The van der Waals surface area contributed by atoms with Crippen LogP contribution in [0.25, 0.3) is 0 Å². The summed E-state index contributed by atoms with van der Waals surface area (Å²) in [6.07, 6.45) is 4.43. The van der Waals surface area contributed by atoms with Gasteiger partial charge in [-0.15, -0.1) is 0 Å². The molecule has 0 aromatic carbocycles. The lowest BCUT2D eigenvalue weighted by atomic mass is 9.92. The van der Waals surface area contributed by atoms with Gasteiger partial charge in [0.25, 0.3) is 0 Å². The molecule has 0 bridgehead atoms. The van der Waals surface area contributed by atoms with Gasteiger partial charge in [-0.25, -0.2) is 0 Å². The van der Waals surface area contributed by atoms with Crippen LogP contribution in [0, 0.1) is 0 Å². The highest BCUT2D eigenvalue weighted by Crippen LogP contribution is 2.16. The molecule has 5 heteroatoms. The molecule has 2 unspecified atom stereocenters. The summed E-state index contributed by atoms with van der Waals surface area (Å²) in [5.41, 5.74) is 4.78. The Morgan fingerprint density at radius 1 is 1.61 bits per heavy atom. The summed E-state index contributed by atoms with van der Waals surface area (Å²) in [6, 6.07) is 0. The van der Waals surface area contributed by atoms with Gasteiger partial charge in [-0.05, 0) is 45.7 Å². The van der Waals surface area contributed by atoms with Crippen molar-refractivity contribution in [2.75, 3.05) is 26.7 Å². The van der Waals surface area contributed by atoms with Gasteiger partial charge in [-0.2, -0.15) is 0 Å². The van der Waals surface area contributed by atoms with Gasteiger partial charge in [0.2, 0.25) is 0 Å². The number of carboxylic acids is 1. The third-order valence-electron chi connectivity index (χ3n) is 3.76. The van der Waals surface area contributed by atoms with Gasteiger partial charge in [-0.3, -0.25) is 4.79 Å². The van der Waals surface area contributed by atoms with Crippen LogP contribution >= 0.6 is 0 Å². The summed E-state index contributed by atoms with van der Waals surface area (Å²) in [5, 5.41) is 9.07. The van der Waals surface area contributed by atoms with Crippen LogP contribution in [0.5, 0.6) is 0 Å². The summed E-state index contributed by atoms with van der Waals surface area (Å²) >= 11 is 0. The second kappa shape index (κ2) is 7.07. The Bertz CT molecular complexity index is 267. The zero-order chi connectivity index (χ0) is 13.6. The van der Waals surface area contributed by atoms with E-state index in [0.29, 0.717) is 18.9 Å². The molecule has 1 aliphatic heterocycles. The van der Waals surface area contributed by atoms with Crippen molar-refractivity contribution >= 4 is 5.97 Å². The van der Waals surface area contributed by atoms with Crippen LogP contribution in [-0.2, 0) is 9.53 Å². The van der Waals surface area contributed by atoms with Crippen molar-refractivity contribution in [3.63, 3.8) is 0 Å². The number of ether oxygens (including phenoxy) is 1. The van der Waals surface area contributed by atoms with Crippen molar-refractivity contribution < 1.29 is 14.6 Å². The van der Waals surface area contributed by atoms with Crippen molar-refractivity contribution in [1.29, 1.82) is 0 Å². The molecule has 1 heterocycles. The molecule has 0 spiro atoms. The summed E-state index contributed by atoms with van der Waals surface area (Å²) in [7, 11) is 2.05. The first kappa shape index (κ1) is 15.4. The standard InChI is InChI=1S/C13H26N2O3/c1-3-13(14,12(16)17)7-5-8-15(2)10-11-6-4-9-18-11/h11H,3-10,14H2,1-2H3,(H,16,17). The van der Waals surface area contributed by atoms with Crippen LogP contribution in [0.3, 0.4) is 0 Å². The molecule has 0 aromatic rings. The van der Waals surface area contributed by atoms with E-state index in [1.807, 2.05) is 14.0 Å². The molecule has 5 nitrogen and oxygen atoms in total. The number of aliphatic carboxylic acids is 1. The second-order valence-corrected chi connectivity index (χ2v) is 5.32. The van der Waals surface area contributed by atoms with Crippen molar-refractivity contribution in [2.45, 2.75) is 50.7 Å². The maximum absolute atomic E-state index is 11.0. The molecular weight excluding hydrogens is 232 g/mol. The molecule has 2 atom stereocenters. The fourth-order valence-corrected chi connectivity index (χ4v) is 2.33. The molecule has 18 heavy (non-hydrogen) atoms. The number of nitrogens with zero attached hydrogens (tertiary/aromatic N) is 1. The maximum Gasteiger partial charge on any atom is 0.323 e.